The quantitative estimate of drug-likeness (QED) is 0.608. The molecule has 1 heterocycles. The molecule has 8 heteroatoms. The second-order valence-electron chi connectivity index (χ2n) is 5.27. The summed E-state index contributed by atoms with van der Waals surface area (Å²) >= 11 is 4.49. The van der Waals surface area contributed by atoms with Gasteiger partial charge in [-0.15, -0.1) is 11.3 Å². The van der Waals surface area contributed by atoms with E-state index in [4.69, 9.17) is 4.18 Å². The molecule has 0 radical (unpaired) electrons. The second-order valence-corrected chi connectivity index (χ2v) is 9.00. The molecule has 1 amide bonds. The molecule has 0 aliphatic carbocycles. The Kier molecular flexibility index (Phi) is 5.12. The number of hydrogen-bond acceptors (Lipinski definition) is 5. The number of nitrogens with one attached hydrogen (secondary N) is 1. The maximum absolute atomic E-state index is 12.5. The minimum absolute atomic E-state index is 0.0907. The van der Waals surface area contributed by atoms with Crippen LogP contribution in [-0.2, 0) is 21.5 Å². The molecule has 130 valence electrons. The molecule has 5 nitrogen and oxygen atoms in total. The monoisotopic (exact) mass is 439 g/mol. The Bertz CT molecular complexity index is 1040. The molecule has 0 bridgehead atoms. The van der Waals surface area contributed by atoms with E-state index in [9.17, 15) is 13.2 Å². The van der Waals surface area contributed by atoms with Gasteiger partial charge in [0.2, 0.25) is 5.91 Å². The van der Waals surface area contributed by atoms with Gasteiger partial charge in [-0.2, -0.15) is 8.42 Å². The van der Waals surface area contributed by atoms with Crippen molar-refractivity contribution in [1.29, 1.82) is 0 Å². The molecule has 2 aromatic carbocycles. The van der Waals surface area contributed by atoms with Gasteiger partial charge in [0.15, 0.2) is 9.96 Å². The minimum Gasteiger partial charge on any atom is -0.377 e. The third-order valence-electron chi connectivity index (χ3n) is 3.42. The summed E-state index contributed by atoms with van der Waals surface area (Å²) < 4.78 is 31.0. The molecule has 0 saturated heterocycles. The van der Waals surface area contributed by atoms with E-state index in [1.165, 1.54) is 13.0 Å². The highest BCUT2D eigenvalue weighted by Gasteiger charge is 2.21. The predicted octanol–water partition coefficient (Wildman–Crippen LogP) is 4.07. The number of carbonyl (C=O) groups excluding carboxylic acids is 1. The van der Waals surface area contributed by atoms with E-state index in [1.807, 2.05) is 30.3 Å². The SMILES string of the molecule is CC(=O)NCc1ccc(S(=O)(=O)Oc2ccc3ccccc3c2Br)s1. The summed E-state index contributed by atoms with van der Waals surface area (Å²) in [7, 11) is -3.95. The van der Waals surface area contributed by atoms with E-state index in [0.717, 1.165) is 27.0 Å². The highest BCUT2D eigenvalue weighted by atomic mass is 79.9. The zero-order valence-corrected chi connectivity index (χ0v) is 16.4. The number of rotatable bonds is 5. The van der Waals surface area contributed by atoms with Crippen LogP contribution in [0.3, 0.4) is 0 Å². The average molecular weight is 440 g/mol. The van der Waals surface area contributed by atoms with Crippen molar-refractivity contribution >= 4 is 54.1 Å². The van der Waals surface area contributed by atoms with Gasteiger partial charge in [-0.3, -0.25) is 4.79 Å². The summed E-state index contributed by atoms with van der Waals surface area (Å²) in [6.07, 6.45) is 0. The molecule has 0 aliphatic rings. The van der Waals surface area contributed by atoms with Crippen LogP contribution >= 0.6 is 27.3 Å². The van der Waals surface area contributed by atoms with Gasteiger partial charge < -0.3 is 9.50 Å². The first-order valence-corrected chi connectivity index (χ1v) is 10.3. The van der Waals surface area contributed by atoms with Crippen LogP contribution in [0.5, 0.6) is 5.75 Å². The Morgan fingerprint density at radius 2 is 1.92 bits per heavy atom. The molecule has 25 heavy (non-hydrogen) atoms. The van der Waals surface area contributed by atoms with Gasteiger partial charge >= 0.3 is 10.1 Å². The van der Waals surface area contributed by atoms with Crippen LogP contribution in [0.1, 0.15) is 11.8 Å². The van der Waals surface area contributed by atoms with Crippen LogP contribution in [0.4, 0.5) is 0 Å². The fraction of sp³-hybridized carbons (Fsp3) is 0.118. The smallest absolute Gasteiger partial charge is 0.348 e. The Morgan fingerprint density at radius 1 is 1.16 bits per heavy atom. The maximum atomic E-state index is 12.5. The lowest BCUT2D eigenvalue weighted by Gasteiger charge is -2.09. The van der Waals surface area contributed by atoms with Crippen molar-refractivity contribution < 1.29 is 17.4 Å². The summed E-state index contributed by atoms with van der Waals surface area (Å²) in [6, 6.07) is 14.2. The van der Waals surface area contributed by atoms with E-state index in [0.29, 0.717) is 4.47 Å². The van der Waals surface area contributed by atoms with Crippen molar-refractivity contribution in [2.45, 2.75) is 17.7 Å². The van der Waals surface area contributed by atoms with Gasteiger partial charge in [0, 0.05) is 11.8 Å². The number of fused-ring (bicyclic) bond motifs is 1. The van der Waals surface area contributed by atoms with Crippen molar-refractivity contribution in [3.05, 3.63) is 57.9 Å². The number of hydrogen-bond donors (Lipinski definition) is 1. The van der Waals surface area contributed by atoms with Gasteiger partial charge in [-0.1, -0.05) is 30.3 Å². The van der Waals surface area contributed by atoms with Crippen molar-refractivity contribution in [3.63, 3.8) is 0 Å². The zero-order chi connectivity index (χ0) is 18.0. The van der Waals surface area contributed by atoms with Crippen LogP contribution in [0, 0.1) is 0 Å². The van der Waals surface area contributed by atoms with Crippen LogP contribution < -0.4 is 9.50 Å². The van der Waals surface area contributed by atoms with E-state index in [-0.39, 0.29) is 22.4 Å². The number of benzene rings is 2. The van der Waals surface area contributed by atoms with Crippen molar-refractivity contribution in [2.24, 2.45) is 0 Å². The minimum atomic E-state index is -3.95. The molecule has 0 fully saturated rings. The zero-order valence-electron chi connectivity index (χ0n) is 13.2. The third kappa shape index (κ3) is 4.02. The molecule has 0 aliphatic heterocycles. The fourth-order valence-corrected chi connectivity index (χ4v) is 5.12. The lowest BCUT2D eigenvalue weighted by Crippen LogP contribution is -2.18. The van der Waals surface area contributed by atoms with Gasteiger partial charge in [-0.25, -0.2) is 0 Å². The van der Waals surface area contributed by atoms with Gasteiger partial charge in [-0.05, 0) is 44.9 Å². The first-order chi connectivity index (χ1) is 11.9. The Balaban J connectivity index is 1.87. The number of thiophene rings is 1. The summed E-state index contributed by atoms with van der Waals surface area (Å²) in [5.41, 5.74) is 0. The van der Waals surface area contributed by atoms with E-state index in [2.05, 4.69) is 21.2 Å². The molecule has 1 N–H and O–H groups in total. The maximum Gasteiger partial charge on any atom is 0.348 e. The van der Waals surface area contributed by atoms with Crippen LogP contribution in [-0.4, -0.2) is 14.3 Å². The van der Waals surface area contributed by atoms with E-state index in [1.54, 1.807) is 12.1 Å². The topological polar surface area (TPSA) is 72.5 Å². The van der Waals surface area contributed by atoms with E-state index >= 15 is 0 Å². The second kappa shape index (κ2) is 7.15. The number of amides is 1. The van der Waals surface area contributed by atoms with Gasteiger partial charge in [0.1, 0.15) is 0 Å². The van der Waals surface area contributed by atoms with Crippen molar-refractivity contribution in [2.75, 3.05) is 0 Å². The summed E-state index contributed by atoms with van der Waals surface area (Å²) in [4.78, 5) is 11.7. The van der Waals surface area contributed by atoms with Crippen molar-refractivity contribution in [3.8, 4) is 5.75 Å². The molecular weight excluding hydrogens is 426 g/mol. The molecule has 0 atom stereocenters. The summed E-state index contributed by atoms with van der Waals surface area (Å²) in [5.74, 6) is 0.0599. The van der Waals surface area contributed by atoms with Crippen LogP contribution in [0.25, 0.3) is 10.8 Å². The first-order valence-electron chi connectivity index (χ1n) is 7.32. The predicted molar refractivity (Wildman–Crippen MR) is 101 cm³/mol. The molecule has 3 rings (SSSR count). The summed E-state index contributed by atoms with van der Waals surface area (Å²) in [5, 5.41) is 4.48. The third-order valence-corrected chi connectivity index (χ3v) is 7.01. The lowest BCUT2D eigenvalue weighted by atomic mass is 10.1. The molecule has 0 spiro atoms. The Labute approximate surface area is 157 Å². The highest BCUT2D eigenvalue weighted by molar-refractivity contribution is 9.10. The molecule has 3 aromatic rings. The largest absolute Gasteiger partial charge is 0.377 e. The highest BCUT2D eigenvalue weighted by Crippen LogP contribution is 2.35. The Hall–Kier alpha value is -1.90. The summed E-state index contributed by atoms with van der Waals surface area (Å²) in [6.45, 7) is 1.70. The van der Waals surface area contributed by atoms with Gasteiger partial charge in [0.25, 0.3) is 0 Å². The standard InChI is InChI=1S/C17H14BrNO4S2/c1-11(20)19-10-13-7-9-16(24-13)25(21,22)23-15-8-6-12-4-2-3-5-14(12)17(15)18/h2-9H,10H2,1H3,(H,19,20). The normalized spacial score (nSPS) is 11.4. The average Bonchev–Trinajstić information content (AvgIpc) is 3.06. The van der Waals surface area contributed by atoms with Crippen LogP contribution in [0.2, 0.25) is 0 Å². The van der Waals surface area contributed by atoms with Crippen LogP contribution in [0.15, 0.2) is 57.2 Å². The lowest BCUT2D eigenvalue weighted by molar-refractivity contribution is -0.119. The Morgan fingerprint density at radius 3 is 2.68 bits per heavy atom. The van der Waals surface area contributed by atoms with Crippen molar-refractivity contribution in [1.82, 2.24) is 5.32 Å². The first kappa shape index (κ1) is 17.9. The number of carbonyl (C=O) groups is 1. The fourth-order valence-electron chi connectivity index (χ4n) is 2.24. The molecule has 1 aromatic heterocycles. The molecular formula is C17H14BrNO4S2. The molecule has 0 saturated carbocycles. The number of halogens is 1. The van der Waals surface area contributed by atoms with E-state index < -0.39 is 10.1 Å². The van der Waals surface area contributed by atoms with Gasteiger partial charge in [0.05, 0.1) is 11.0 Å². The molecule has 0 unspecified atom stereocenters.